The summed E-state index contributed by atoms with van der Waals surface area (Å²) in [6.45, 7) is 3.03. The Hall–Kier alpha value is -0.700. The van der Waals surface area contributed by atoms with Gasteiger partial charge in [-0.2, -0.15) is 17.0 Å². The van der Waals surface area contributed by atoms with E-state index in [-0.39, 0.29) is 19.2 Å². The Labute approximate surface area is 102 Å². The van der Waals surface area contributed by atoms with Gasteiger partial charge in [0.2, 0.25) is 0 Å². The summed E-state index contributed by atoms with van der Waals surface area (Å²) in [5, 5.41) is 8.70. The van der Waals surface area contributed by atoms with E-state index in [1.807, 2.05) is 0 Å². The Morgan fingerprint density at radius 1 is 1.41 bits per heavy atom. The maximum Gasteiger partial charge on any atom is 0.318 e. The normalized spacial score (nSPS) is 12.6. The van der Waals surface area contributed by atoms with Crippen LogP contribution in [0.1, 0.15) is 13.8 Å². The Bertz CT molecular complexity index is 341. The molecule has 0 bridgehead atoms. The van der Waals surface area contributed by atoms with Crippen LogP contribution in [0.3, 0.4) is 0 Å². The number of methoxy groups -OCH3 is 1. The highest BCUT2D eigenvalue weighted by Gasteiger charge is 2.29. The zero-order valence-corrected chi connectivity index (χ0v) is 11.4. The summed E-state index contributed by atoms with van der Waals surface area (Å²) in [7, 11) is -0.915. The van der Waals surface area contributed by atoms with E-state index in [0.29, 0.717) is 0 Å². The monoisotopic (exact) mass is 268 g/mol. The summed E-state index contributed by atoms with van der Waals surface area (Å²) < 4.78 is 30.9. The van der Waals surface area contributed by atoms with Gasteiger partial charge >= 0.3 is 5.97 Å². The molecule has 0 saturated heterocycles. The maximum atomic E-state index is 12.0. The lowest BCUT2D eigenvalue weighted by Gasteiger charge is -2.28. The fraction of sp³-hybridized carbons (Fsp3) is 0.889. The summed E-state index contributed by atoms with van der Waals surface area (Å²) in [6.07, 6.45) is 0. The number of aliphatic carboxylic acids is 1. The largest absolute Gasteiger partial charge is 0.480 e. The van der Waals surface area contributed by atoms with Crippen LogP contribution >= 0.6 is 0 Å². The Kier molecular flexibility index (Phi) is 6.61. The zero-order chi connectivity index (χ0) is 13.6. The number of carboxylic acid groups (broad SMARTS) is 1. The van der Waals surface area contributed by atoms with E-state index in [1.165, 1.54) is 14.2 Å². The summed E-state index contributed by atoms with van der Waals surface area (Å²) in [4.78, 5) is 10.6. The van der Waals surface area contributed by atoms with Crippen molar-refractivity contribution >= 4 is 16.2 Å². The van der Waals surface area contributed by atoms with Crippen molar-refractivity contribution < 1.29 is 23.1 Å². The van der Waals surface area contributed by atoms with Crippen molar-refractivity contribution in [2.24, 2.45) is 0 Å². The highest BCUT2D eigenvalue weighted by molar-refractivity contribution is 7.86. The van der Waals surface area contributed by atoms with Gasteiger partial charge in [0.15, 0.2) is 0 Å². The molecule has 0 spiro atoms. The SMILES string of the molecule is COCCN(CC(=O)O)S(=O)(=O)N(C)C(C)C. The maximum absolute atomic E-state index is 12.0. The third-order valence-corrected chi connectivity index (χ3v) is 4.39. The van der Waals surface area contributed by atoms with Crippen molar-refractivity contribution in [2.45, 2.75) is 19.9 Å². The standard InChI is InChI=1S/C9H20N2O5S/c1-8(2)10(3)17(14,15)11(5-6-16-4)7-9(12)13/h8H,5-7H2,1-4H3,(H,12,13). The minimum atomic E-state index is -3.76. The van der Waals surface area contributed by atoms with E-state index in [9.17, 15) is 13.2 Å². The molecular formula is C9H20N2O5S. The highest BCUT2D eigenvalue weighted by atomic mass is 32.2. The number of ether oxygens (including phenoxy) is 1. The molecule has 0 aliphatic heterocycles. The van der Waals surface area contributed by atoms with E-state index in [0.717, 1.165) is 8.61 Å². The zero-order valence-electron chi connectivity index (χ0n) is 10.6. The summed E-state index contributed by atoms with van der Waals surface area (Å²) >= 11 is 0. The van der Waals surface area contributed by atoms with Gasteiger partial charge in [-0.25, -0.2) is 0 Å². The van der Waals surface area contributed by atoms with Crippen LogP contribution in [0.4, 0.5) is 0 Å². The van der Waals surface area contributed by atoms with Crippen molar-refractivity contribution in [3.8, 4) is 0 Å². The van der Waals surface area contributed by atoms with Gasteiger partial charge in [-0.3, -0.25) is 4.79 Å². The number of hydrogen-bond acceptors (Lipinski definition) is 4. The molecule has 0 radical (unpaired) electrons. The topological polar surface area (TPSA) is 87.1 Å². The number of hydrogen-bond donors (Lipinski definition) is 1. The Morgan fingerprint density at radius 2 is 1.94 bits per heavy atom. The first-order chi connectivity index (χ1) is 7.73. The van der Waals surface area contributed by atoms with Gasteiger partial charge in [0.05, 0.1) is 6.61 Å². The Balaban J connectivity index is 4.94. The average Bonchev–Trinajstić information content (AvgIpc) is 2.22. The minimum Gasteiger partial charge on any atom is -0.480 e. The number of nitrogens with zero attached hydrogens (tertiary/aromatic N) is 2. The van der Waals surface area contributed by atoms with E-state index in [4.69, 9.17) is 9.84 Å². The molecule has 8 heteroatoms. The van der Waals surface area contributed by atoms with Crippen molar-refractivity contribution in [1.82, 2.24) is 8.61 Å². The molecule has 0 aromatic carbocycles. The molecule has 0 fully saturated rings. The van der Waals surface area contributed by atoms with Crippen LogP contribution in [0.15, 0.2) is 0 Å². The average molecular weight is 268 g/mol. The van der Waals surface area contributed by atoms with Gasteiger partial charge in [0.1, 0.15) is 6.54 Å². The second-order valence-electron chi connectivity index (χ2n) is 3.84. The summed E-state index contributed by atoms with van der Waals surface area (Å²) in [5.74, 6) is -1.19. The van der Waals surface area contributed by atoms with E-state index >= 15 is 0 Å². The van der Waals surface area contributed by atoms with Crippen LogP contribution in [-0.2, 0) is 19.7 Å². The molecule has 0 atom stereocenters. The van der Waals surface area contributed by atoms with Crippen LogP contribution < -0.4 is 0 Å². The molecule has 0 amide bonds. The van der Waals surface area contributed by atoms with Crippen LogP contribution in [0.2, 0.25) is 0 Å². The van der Waals surface area contributed by atoms with Gasteiger partial charge in [-0.05, 0) is 13.8 Å². The number of carbonyl (C=O) groups is 1. The molecule has 102 valence electrons. The fourth-order valence-corrected chi connectivity index (χ4v) is 2.54. The van der Waals surface area contributed by atoms with Crippen molar-refractivity contribution in [2.75, 3.05) is 33.9 Å². The van der Waals surface area contributed by atoms with Gasteiger partial charge in [-0.15, -0.1) is 0 Å². The summed E-state index contributed by atoms with van der Waals surface area (Å²) in [6, 6.07) is -0.237. The first-order valence-corrected chi connectivity index (χ1v) is 6.57. The highest BCUT2D eigenvalue weighted by Crippen LogP contribution is 2.09. The fourth-order valence-electron chi connectivity index (χ4n) is 1.07. The molecule has 0 unspecified atom stereocenters. The van der Waals surface area contributed by atoms with Gasteiger partial charge in [0, 0.05) is 26.7 Å². The van der Waals surface area contributed by atoms with Crippen molar-refractivity contribution in [3.63, 3.8) is 0 Å². The molecule has 0 heterocycles. The van der Waals surface area contributed by atoms with E-state index in [2.05, 4.69) is 0 Å². The van der Waals surface area contributed by atoms with E-state index in [1.54, 1.807) is 13.8 Å². The second kappa shape index (κ2) is 6.90. The van der Waals surface area contributed by atoms with E-state index < -0.39 is 22.7 Å². The first-order valence-electron chi connectivity index (χ1n) is 5.17. The van der Waals surface area contributed by atoms with Crippen molar-refractivity contribution in [1.29, 1.82) is 0 Å². The lowest BCUT2D eigenvalue weighted by atomic mass is 10.4. The van der Waals surface area contributed by atoms with Crippen molar-refractivity contribution in [3.05, 3.63) is 0 Å². The first kappa shape index (κ1) is 16.3. The third kappa shape index (κ3) is 4.99. The molecule has 7 nitrogen and oxygen atoms in total. The van der Waals surface area contributed by atoms with Gasteiger partial charge in [0.25, 0.3) is 10.2 Å². The van der Waals surface area contributed by atoms with Crippen LogP contribution in [0.5, 0.6) is 0 Å². The van der Waals surface area contributed by atoms with Gasteiger partial charge < -0.3 is 9.84 Å². The predicted octanol–water partition coefficient (Wildman–Crippen LogP) is -0.396. The Morgan fingerprint density at radius 3 is 2.29 bits per heavy atom. The summed E-state index contributed by atoms with van der Waals surface area (Å²) in [5.41, 5.74) is 0. The predicted molar refractivity (Wildman–Crippen MR) is 62.9 cm³/mol. The molecule has 1 N–H and O–H groups in total. The number of rotatable bonds is 8. The molecule has 0 aromatic rings. The van der Waals surface area contributed by atoms with Crippen LogP contribution in [-0.4, -0.2) is 68.0 Å². The third-order valence-electron chi connectivity index (χ3n) is 2.27. The molecular weight excluding hydrogens is 248 g/mol. The lowest BCUT2D eigenvalue weighted by Crippen LogP contribution is -2.47. The molecule has 17 heavy (non-hydrogen) atoms. The smallest absolute Gasteiger partial charge is 0.318 e. The molecule has 0 aliphatic carbocycles. The molecule has 0 rings (SSSR count). The van der Waals surface area contributed by atoms with Crippen LogP contribution in [0.25, 0.3) is 0 Å². The molecule has 0 saturated carbocycles. The lowest BCUT2D eigenvalue weighted by molar-refractivity contribution is -0.137. The molecule has 0 aliphatic rings. The quantitative estimate of drug-likeness (QED) is 0.647. The van der Waals surface area contributed by atoms with Gasteiger partial charge in [-0.1, -0.05) is 0 Å². The number of carboxylic acids is 1. The minimum absolute atomic E-state index is 0.0161. The van der Waals surface area contributed by atoms with Crippen LogP contribution in [0, 0.1) is 0 Å². The molecule has 0 aromatic heterocycles. The second-order valence-corrected chi connectivity index (χ2v) is 5.83.